The summed E-state index contributed by atoms with van der Waals surface area (Å²) in [5.41, 5.74) is 9.21. The third-order valence-electron chi connectivity index (χ3n) is 3.46. The summed E-state index contributed by atoms with van der Waals surface area (Å²) in [6.07, 6.45) is 2.40. The van der Waals surface area contributed by atoms with E-state index in [0.717, 1.165) is 28.4 Å². The van der Waals surface area contributed by atoms with E-state index in [1.54, 1.807) is 6.20 Å². The summed E-state index contributed by atoms with van der Waals surface area (Å²) in [4.78, 5) is 13.1. The Bertz CT molecular complexity index is 747. The fourth-order valence-electron chi connectivity index (χ4n) is 2.36. The van der Waals surface area contributed by atoms with Gasteiger partial charge in [-0.05, 0) is 25.1 Å². The maximum atomic E-state index is 6.24. The van der Waals surface area contributed by atoms with Crippen molar-refractivity contribution in [3.8, 4) is 0 Å². The standard InChI is InChI=1S/C15H17N5/c1-10-17-8-7-12(18-10)11(16)9-15-19-13-5-3-4-6-14(13)20(15)2/h3-8,11H,9,16H2,1-2H3. The molecule has 102 valence electrons. The number of fused-ring (bicyclic) bond motifs is 1. The Morgan fingerprint density at radius 2 is 2.00 bits per heavy atom. The number of imidazole rings is 1. The number of aromatic nitrogens is 4. The third kappa shape index (κ3) is 2.28. The smallest absolute Gasteiger partial charge is 0.125 e. The summed E-state index contributed by atoms with van der Waals surface area (Å²) >= 11 is 0. The normalized spacial score (nSPS) is 12.8. The number of nitrogens with two attached hydrogens (primary N) is 1. The van der Waals surface area contributed by atoms with Gasteiger partial charge < -0.3 is 10.3 Å². The number of benzene rings is 1. The van der Waals surface area contributed by atoms with E-state index in [-0.39, 0.29) is 6.04 Å². The summed E-state index contributed by atoms with van der Waals surface area (Å²) in [7, 11) is 2.02. The molecule has 2 N–H and O–H groups in total. The minimum Gasteiger partial charge on any atom is -0.331 e. The van der Waals surface area contributed by atoms with Crippen molar-refractivity contribution < 1.29 is 0 Å². The highest BCUT2D eigenvalue weighted by atomic mass is 15.1. The van der Waals surface area contributed by atoms with Gasteiger partial charge in [-0.15, -0.1) is 0 Å². The third-order valence-corrected chi connectivity index (χ3v) is 3.46. The molecule has 0 aliphatic rings. The van der Waals surface area contributed by atoms with Crippen LogP contribution in [0.1, 0.15) is 23.4 Å². The summed E-state index contributed by atoms with van der Waals surface area (Å²) in [5, 5.41) is 0. The molecule has 3 rings (SSSR count). The van der Waals surface area contributed by atoms with E-state index in [1.165, 1.54) is 0 Å². The molecule has 5 nitrogen and oxygen atoms in total. The van der Waals surface area contributed by atoms with Crippen molar-refractivity contribution in [2.24, 2.45) is 12.8 Å². The van der Waals surface area contributed by atoms with Gasteiger partial charge in [-0.1, -0.05) is 12.1 Å². The summed E-state index contributed by atoms with van der Waals surface area (Å²) in [6.45, 7) is 1.87. The first kappa shape index (κ1) is 12.7. The minimum absolute atomic E-state index is 0.174. The number of hydrogen-bond donors (Lipinski definition) is 1. The fourth-order valence-corrected chi connectivity index (χ4v) is 2.36. The zero-order chi connectivity index (χ0) is 14.1. The SMILES string of the molecule is Cc1nccc(C(N)Cc2nc3ccccc3n2C)n1. The Morgan fingerprint density at radius 1 is 1.20 bits per heavy atom. The molecule has 3 aromatic rings. The number of rotatable bonds is 3. The Balaban J connectivity index is 1.91. The zero-order valence-corrected chi connectivity index (χ0v) is 11.6. The number of hydrogen-bond acceptors (Lipinski definition) is 4. The first-order valence-electron chi connectivity index (χ1n) is 6.60. The number of nitrogens with zero attached hydrogens (tertiary/aromatic N) is 4. The Hall–Kier alpha value is -2.27. The maximum absolute atomic E-state index is 6.24. The van der Waals surface area contributed by atoms with E-state index in [2.05, 4.69) is 25.6 Å². The zero-order valence-electron chi connectivity index (χ0n) is 11.6. The van der Waals surface area contributed by atoms with Crippen molar-refractivity contribution in [3.05, 3.63) is 53.9 Å². The van der Waals surface area contributed by atoms with Crippen LogP contribution in [-0.4, -0.2) is 19.5 Å². The molecule has 1 aromatic carbocycles. The van der Waals surface area contributed by atoms with Gasteiger partial charge in [-0.25, -0.2) is 15.0 Å². The molecule has 0 aliphatic heterocycles. The topological polar surface area (TPSA) is 69.6 Å². The fraction of sp³-hybridized carbons (Fsp3) is 0.267. The van der Waals surface area contributed by atoms with Crippen LogP contribution in [0.3, 0.4) is 0 Å². The average molecular weight is 267 g/mol. The average Bonchev–Trinajstić information content (AvgIpc) is 2.76. The van der Waals surface area contributed by atoms with Crippen LogP contribution in [-0.2, 0) is 13.5 Å². The minimum atomic E-state index is -0.174. The molecule has 0 saturated heterocycles. The summed E-state index contributed by atoms with van der Waals surface area (Å²) in [5.74, 6) is 1.71. The van der Waals surface area contributed by atoms with Crippen molar-refractivity contribution in [1.29, 1.82) is 0 Å². The van der Waals surface area contributed by atoms with Crippen LogP contribution < -0.4 is 5.73 Å². The second-order valence-electron chi connectivity index (χ2n) is 4.92. The van der Waals surface area contributed by atoms with E-state index in [4.69, 9.17) is 5.73 Å². The molecule has 0 spiro atoms. The molecule has 20 heavy (non-hydrogen) atoms. The van der Waals surface area contributed by atoms with Crippen LogP contribution >= 0.6 is 0 Å². The van der Waals surface area contributed by atoms with Gasteiger partial charge in [-0.3, -0.25) is 0 Å². The van der Waals surface area contributed by atoms with E-state index >= 15 is 0 Å². The van der Waals surface area contributed by atoms with Crippen LogP contribution in [0.4, 0.5) is 0 Å². The van der Waals surface area contributed by atoms with E-state index in [0.29, 0.717) is 6.42 Å². The quantitative estimate of drug-likeness (QED) is 0.787. The van der Waals surface area contributed by atoms with Crippen LogP contribution in [0.15, 0.2) is 36.5 Å². The van der Waals surface area contributed by atoms with Crippen molar-refractivity contribution in [2.75, 3.05) is 0 Å². The van der Waals surface area contributed by atoms with Crippen molar-refractivity contribution in [3.63, 3.8) is 0 Å². The second-order valence-corrected chi connectivity index (χ2v) is 4.92. The molecule has 0 aliphatic carbocycles. The lowest BCUT2D eigenvalue weighted by atomic mass is 10.1. The first-order chi connectivity index (χ1) is 9.65. The molecule has 5 heteroatoms. The van der Waals surface area contributed by atoms with Crippen molar-refractivity contribution in [2.45, 2.75) is 19.4 Å². The summed E-state index contributed by atoms with van der Waals surface area (Å²) < 4.78 is 2.09. The molecular weight excluding hydrogens is 250 g/mol. The Kier molecular flexibility index (Phi) is 3.20. The summed E-state index contributed by atoms with van der Waals surface area (Å²) in [6, 6.07) is 9.77. The Morgan fingerprint density at radius 3 is 2.75 bits per heavy atom. The maximum Gasteiger partial charge on any atom is 0.125 e. The molecule has 1 unspecified atom stereocenters. The van der Waals surface area contributed by atoms with Gasteiger partial charge in [-0.2, -0.15) is 0 Å². The lowest BCUT2D eigenvalue weighted by molar-refractivity contribution is 0.643. The van der Waals surface area contributed by atoms with Gasteiger partial charge in [0.15, 0.2) is 0 Å². The predicted octanol–water partition coefficient (Wildman–Crippen LogP) is 1.91. The molecule has 0 saturated carbocycles. The second kappa shape index (κ2) is 5.02. The molecule has 0 amide bonds. The lowest BCUT2D eigenvalue weighted by Crippen LogP contribution is -2.17. The van der Waals surface area contributed by atoms with Crippen molar-refractivity contribution in [1.82, 2.24) is 19.5 Å². The monoisotopic (exact) mass is 267 g/mol. The van der Waals surface area contributed by atoms with E-state index < -0.39 is 0 Å². The molecule has 0 bridgehead atoms. The van der Waals surface area contributed by atoms with Gasteiger partial charge in [0.05, 0.1) is 22.8 Å². The molecule has 2 heterocycles. The van der Waals surface area contributed by atoms with Crippen LogP contribution in [0.5, 0.6) is 0 Å². The van der Waals surface area contributed by atoms with Gasteiger partial charge >= 0.3 is 0 Å². The van der Waals surface area contributed by atoms with Gasteiger partial charge in [0, 0.05) is 19.7 Å². The van der Waals surface area contributed by atoms with Crippen molar-refractivity contribution >= 4 is 11.0 Å². The van der Waals surface area contributed by atoms with Crippen LogP contribution in [0.25, 0.3) is 11.0 Å². The predicted molar refractivity (Wildman–Crippen MR) is 78.1 cm³/mol. The molecule has 0 radical (unpaired) electrons. The lowest BCUT2D eigenvalue weighted by Gasteiger charge is -2.11. The highest BCUT2D eigenvalue weighted by Gasteiger charge is 2.14. The Labute approximate surface area is 117 Å². The van der Waals surface area contributed by atoms with E-state index in [1.807, 2.05) is 38.2 Å². The van der Waals surface area contributed by atoms with Gasteiger partial charge in [0.25, 0.3) is 0 Å². The molecule has 0 fully saturated rings. The van der Waals surface area contributed by atoms with Crippen LogP contribution in [0.2, 0.25) is 0 Å². The number of para-hydroxylation sites is 2. The highest BCUT2D eigenvalue weighted by Crippen LogP contribution is 2.18. The number of aryl methyl sites for hydroxylation is 2. The van der Waals surface area contributed by atoms with E-state index in [9.17, 15) is 0 Å². The largest absolute Gasteiger partial charge is 0.331 e. The van der Waals surface area contributed by atoms with Gasteiger partial charge in [0.1, 0.15) is 11.6 Å². The molecular formula is C15H17N5. The highest BCUT2D eigenvalue weighted by molar-refractivity contribution is 5.75. The molecule has 2 aromatic heterocycles. The van der Waals surface area contributed by atoms with Crippen LogP contribution in [0, 0.1) is 6.92 Å². The molecule has 1 atom stereocenters. The first-order valence-corrected chi connectivity index (χ1v) is 6.60. The van der Waals surface area contributed by atoms with Gasteiger partial charge in [0.2, 0.25) is 0 Å².